The third-order valence-electron chi connectivity index (χ3n) is 5.72. The molecule has 0 bridgehead atoms. The zero-order valence-corrected chi connectivity index (χ0v) is 18.3. The minimum Gasteiger partial charge on any atom is -0.385 e. The van der Waals surface area contributed by atoms with Crippen LogP contribution in [0.5, 0.6) is 0 Å². The summed E-state index contributed by atoms with van der Waals surface area (Å²) in [5.41, 5.74) is 0.0379. The topological polar surface area (TPSA) is 77.0 Å². The van der Waals surface area contributed by atoms with E-state index in [9.17, 15) is 26.7 Å². The third-order valence-corrected chi connectivity index (χ3v) is 5.72. The number of anilines is 2. The van der Waals surface area contributed by atoms with Crippen molar-refractivity contribution in [1.29, 1.82) is 5.26 Å². The summed E-state index contributed by atoms with van der Waals surface area (Å²) in [7, 11) is 0. The van der Waals surface area contributed by atoms with Gasteiger partial charge in [0.1, 0.15) is 0 Å². The molecule has 0 spiro atoms. The molecule has 34 heavy (non-hydrogen) atoms. The fourth-order valence-corrected chi connectivity index (χ4v) is 3.92. The van der Waals surface area contributed by atoms with Crippen LogP contribution in [0.4, 0.5) is 33.3 Å². The van der Waals surface area contributed by atoms with Crippen molar-refractivity contribution in [1.82, 2.24) is 5.32 Å². The van der Waals surface area contributed by atoms with Crippen molar-refractivity contribution in [3.8, 4) is 6.07 Å². The minimum absolute atomic E-state index is 0.0410. The van der Waals surface area contributed by atoms with E-state index in [1.54, 1.807) is 30.3 Å². The van der Waals surface area contributed by atoms with Crippen LogP contribution in [0.3, 0.4) is 0 Å². The predicted octanol–water partition coefficient (Wildman–Crippen LogP) is 5.80. The van der Waals surface area contributed by atoms with Crippen LogP contribution in [0.25, 0.3) is 0 Å². The smallest absolute Gasteiger partial charge is 0.385 e. The summed E-state index contributed by atoms with van der Waals surface area (Å²) in [6.45, 7) is 0.139. The molecule has 5 nitrogen and oxygen atoms in total. The normalized spacial score (nSPS) is 18.3. The molecule has 0 aromatic heterocycles. The quantitative estimate of drug-likeness (QED) is 0.418. The average Bonchev–Trinajstić information content (AvgIpc) is 2.80. The molecule has 0 saturated heterocycles. The molecule has 2 aromatic rings. The molecule has 1 saturated carbocycles. The molecule has 3 N–H and O–H groups in total. The lowest BCUT2D eigenvalue weighted by molar-refractivity contribution is -0.137. The van der Waals surface area contributed by atoms with Crippen LogP contribution in [0.1, 0.15) is 53.6 Å². The van der Waals surface area contributed by atoms with E-state index in [-0.39, 0.29) is 31.0 Å². The van der Waals surface area contributed by atoms with Crippen LogP contribution in [0.2, 0.25) is 0 Å². The average molecular weight is 480 g/mol. The molecule has 0 atom stereocenters. The Morgan fingerprint density at radius 3 is 2.21 bits per heavy atom. The van der Waals surface area contributed by atoms with Crippen molar-refractivity contribution in [2.24, 2.45) is 0 Å². The van der Waals surface area contributed by atoms with Crippen molar-refractivity contribution in [2.45, 2.75) is 56.8 Å². The van der Waals surface area contributed by atoms with E-state index in [0.29, 0.717) is 42.6 Å². The summed E-state index contributed by atoms with van der Waals surface area (Å²) in [5.74, 6) is -0.238. The van der Waals surface area contributed by atoms with Crippen molar-refractivity contribution in [2.75, 3.05) is 17.2 Å². The number of carbonyl (C=O) groups is 1. The van der Waals surface area contributed by atoms with Crippen LogP contribution in [0.15, 0.2) is 42.5 Å². The highest BCUT2D eigenvalue weighted by molar-refractivity contribution is 5.94. The number of halogens is 5. The summed E-state index contributed by atoms with van der Waals surface area (Å²) in [4.78, 5) is 12.5. The van der Waals surface area contributed by atoms with Gasteiger partial charge in [-0.2, -0.15) is 18.4 Å². The Morgan fingerprint density at radius 1 is 1.00 bits per heavy atom. The number of hydrogen-bond donors (Lipinski definition) is 3. The van der Waals surface area contributed by atoms with Crippen molar-refractivity contribution in [3.05, 3.63) is 59.2 Å². The van der Waals surface area contributed by atoms with E-state index in [4.69, 9.17) is 5.26 Å². The van der Waals surface area contributed by atoms with Crippen LogP contribution >= 0.6 is 0 Å². The van der Waals surface area contributed by atoms with Crippen LogP contribution in [0, 0.1) is 11.3 Å². The fraction of sp³-hybridized carbons (Fsp3) is 0.417. The van der Waals surface area contributed by atoms with Gasteiger partial charge in [-0.15, -0.1) is 0 Å². The fourth-order valence-electron chi connectivity index (χ4n) is 3.92. The maximum atomic E-state index is 13.2. The van der Waals surface area contributed by atoms with E-state index in [0.717, 1.165) is 12.1 Å². The molecule has 0 radical (unpaired) electrons. The highest BCUT2D eigenvalue weighted by atomic mass is 19.4. The number of alkyl halides is 5. The van der Waals surface area contributed by atoms with Gasteiger partial charge < -0.3 is 16.0 Å². The van der Waals surface area contributed by atoms with E-state index in [1.165, 1.54) is 6.07 Å². The SMILES string of the molecule is N#Cc1ccc(NC2CCC(NC(=O)c3ccc(NCCC(F)F)cc3)CC2)cc1C(F)(F)F. The summed E-state index contributed by atoms with van der Waals surface area (Å²) in [5, 5.41) is 17.9. The van der Waals surface area contributed by atoms with Gasteiger partial charge >= 0.3 is 6.18 Å². The van der Waals surface area contributed by atoms with Crippen LogP contribution in [-0.4, -0.2) is 31.0 Å². The Labute approximate surface area is 194 Å². The van der Waals surface area contributed by atoms with Gasteiger partial charge in [-0.05, 0) is 68.1 Å². The van der Waals surface area contributed by atoms with Gasteiger partial charge in [0.05, 0.1) is 17.2 Å². The third kappa shape index (κ3) is 7.07. The predicted molar refractivity (Wildman–Crippen MR) is 119 cm³/mol. The second-order valence-electron chi connectivity index (χ2n) is 8.22. The standard InChI is InChI=1S/C24H25F5N4O/c25-22(26)11-12-31-17-4-1-15(2-5-17)23(34)33-19-9-7-18(8-10-19)32-20-6-3-16(14-30)21(13-20)24(27,28)29/h1-6,13,18-19,22,31-32H,7-12H2,(H,33,34). The molecular weight excluding hydrogens is 455 g/mol. The van der Waals surface area contributed by atoms with Crippen LogP contribution < -0.4 is 16.0 Å². The van der Waals surface area contributed by atoms with Gasteiger partial charge in [0, 0.05) is 42.0 Å². The minimum atomic E-state index is -4.61. The molecule has 3 rings (SSSR count). The maximum absolute atomic E-state index is 13.2. The van der Waals surface area contributed by atoms with E-state index >= 15 is 0 Å². The second kappa shape index (κ2) is 11.2. The lowest BCUT2D eigenvalue weighted by Gasteiger charge is -2.30. The van der Waals surface area contributed by atoms with Crippen molar-refractivity contribution in [3.63, 3.8) is 0 Å². The molecule has 0 unspecified atom stereocenters. The Balaban J connectivity index is 1.48. The highest BCUT2D eigenvalue weighted by Crippen LogP contribution is 2.34. The number of amides is 1. The second-order valence-corrected chi connectivity index (χ2v) is 8.22. The molecule has 0 heterocycles. The molecule has 10 heteroatoms. The number of nitrogens with zero attached hydrogens (tertiary/aromatic N) is 1. The monoisotopic (exact) mass is 480 g/mol. The molecule has 1 aliphatic carbocycles. The summed E-state index contributed by atoms with van der Waals surface area (Å²) in [6.07, 6.45) is -4.57. The first-order chi connectivity index (χ1) is 16.2. The molecule has 0 aliphatic heterocycles. The largest absolute Gasteiger partial charge is 0.417 e. The number of nitriles is 1. The number of hydrogen-bond acceptors (Lipinski definition) is 4. The molecule has 182 valence electrons. The molecule has 1 aliphatic rings. The van der Waals surface area contributed by atoms with Gasteiger partial charge in [0.2, 0.25) is 6.43 Å². The van der Waals surface area contributed by atoms with Crippen LogP contribution in [-0.2, 0) is 6.18 Å². The van der Waals surface area contributed by atoms with Gasteiger partial charge in [0.15, 0.2) is 0 Å². The lowest BCUT2D eigenvalue weighted by Crippen LogP contribution is -2.40. The Morgan fingerprint density at radius 2 is 1.62 bits per heavy atom. The van der Waals surface area contributed by atoms with E-state index < -0.39 is 23.7 Å². The number of rotatable bonds is 8. The molecule has 1 fully saturated rings. The molecule has 1 amide bonds. The van der Waals surface area contributed by atoms with Gasteiger partial charge in [-0.3, -0.25) is 4.79 Å². The Kier molecular flexibility index (Phi) is 8.31. The lowest BCUT2D eigenvalue weighted by atomic mass is 9.90. The Bertz CT molecular complexity index is 1010. The first-order valence-corrected chi connectivity index (χ1v) is 11.0. The van der Waals surface area contributed by atoms with Gasteiger partial charge in [0.25, 0.3) is 5.91 Å². The van der Waals surface area contributed by atoms with E-state index in [2.05, 4.69) is 16.0 Å². The first-order valence-electron chi connectivity index (χ1n) is 11.0. The summed E-state index contributed by atoms with van der Waals surface area (Å²) >= 11 is 0. The summed E-state index contributed by atoms with van der Waals surface area (Å²) in [6, 6.07) is 11.6. The highest BCUT2D eigenvalue weighted by Gasteiger charge is 2.34. The number of benzene rings is 2. The zero-order chi connectivity index (χ0) is 24.7. The first kappa shape index (κ1) is 25.3. The number of nitrogens with one attached hydrogen (secondary N) is 3. The molecule has 2 aromatic carbocycles. The van der Waals surface area contributed by atoms with Crippen molar-refractivity contribution >= 4 is 17.3 Å². The van der Waals surface area contributed by atoms with Crippen molar-refractivity contribution < 1.29 is 26.7 Å². The van der Waals surface area contributed by atoms with Gasteiger partial charge in [-0.1, -0.05) is 0 Å². The van der Waals surface area contributed by atoms with E-state index in [1.807, 2.05) is 0 Å². The van der Waals surface area contributed by atoms with Gasteiger partial charge in [-0.25, -0.2) is 8.78 Å². The summed E-state index contributed by atoms with van der Waals surface area (Å²) < 4.78 is 63.9. The Hall–Kier alpha value is -3.35. The zero-order valence-electron chi connectivity index (χ0n) is 18.3. The maximum Gasteiger partial charge on any atom is 0.417 e. The number of carbonyl (C=O) groups excluding carboxylic acids is 1. The molecular formula is C24H25F5N4O.